The van der Waals surface area contributed by atoms with Crippen LogP contribution in [0.5, 0.6) is 11.5 Å². The fourth-order valence-corrected chi connectivity index (χ4v) is 2.09. The van der Waals surface area contributed by atoms with Crippen LogP contribution in [0.25, 0.3) is 0 Å². The summed E-state index contributed by atoms with van der Waals surface area (Å²) in [4.78, 5) is 0. The van der Waals surface area contributed by atoms with Crippen LogP contribution in [-0.2, 0) is 0 Å². The lowest BCUT2D eigenvalue weighted by atomic mass is 10.0. The predicted octanol–water partition coefficient (Wildman–Crippen LogP) is 4.53. The van der Waals surface area contributed by atoms with Gasteiger partial charge in [0.2, 0.25) is 0 Å². The smallest absolute Gasteiger partial charge is 0.134 e. The third kappa shape index (κ3) is 3.62. The lowest BCUT2D eigenvalue weighted by Crippen LogP contribution is -1.97. The van der Waals surface area contributed by atoms with Gasteiger partial charge in [-0.15, -0.1) is 0 Å². The van der Waals surface area contributed by atoms with Crippen molar-refractivity contribution in [1.82, 2.24) is 0 Å². The maximum absolute atomic E-state index is 9.80. The van der Waals surface area contributed by atoms with Crippen LogP contribution in [-0.4, -0.2) is 5.11 Å². The van der Waals surface area contributed by atoms with E-state index in [1.807, 2.05) is 24.3 Å². The maximum Gasteiger partial charge on any atom is 0.134 e. The minimum absolute atomic E-state index is 0.467. The second-order valence-electron chi connectivity index (χ2n) is 5.37. The molecule has 108 valence electrons. The predicted molar refractivity (Wildman–Crippen MR) is 82.4 cm³/mol. The van der Waals surface area contributed by atoms with E-state index in [4.69, 9.17) is 10.00 Å². The minimum Gasteiger partial charge on any atom is -0.457 e. The number of ether oxygens (including phenoxy) is 1. The van der Waals surface area contributed by atoms with E-state index < -0.39 is 6.10 Å². The molecule has 1 N–H and O–H groups in total. The molecule has 21 heavy (non-hydrogen) atoms. The van der Waals surface area contributed by atoms with Crippen molar-refractivity contribution in [3.8, 4) is 17.6 Å². The third-order valence-corrected chi connectivity index (χ3v) is 3.37. The van der Waals surface area contributed by atoms with Crippen LogP contribution < -0.4 is 4.74 Å². The van der Waals surface area contributed by atoms with Gasteiger partial charge in [-0.05, 0) is 42.7 Å². The summed E-state index contributed by atoms with van der Waals surface area (Å²) in [5, 5.41) is 18.8. The highest BCUT2D eigenvalue weighted by molar-refractivity contribution is 5.45. The molecule has 0 aliphatic rings. The van der Waals surface area contributed by atoms with Gasteiger partial charge in [-0.3, -0.25) is 0 Å². The van der Waals surface area contributed by atoms with E-state index in [0.29, 0.717) is 28.5 Å². The van der Waals surface area contributed by atoms with Crippen LogP contribution >= 0.6 is 0 Å². The Morgan fingerprint density at radius 3 is 2.24 bits per heavy atom. The molecule has 1 atom stereocenters. The van der Waals surface area contributed by atoms with Gasteiger partial charge in [-0.25, -0.2) is 0 Å². The van der Waals surface area contributed by atoms with E-state index in [9.17, 15) is 5.11 Å². The summed E-state index contributed by atoms with van der Waals surface area (Å²) in [6.07, 6.45) is -0.650. The van der Waals surface area contributed by atoms with Gasteiger partial charge in [-0.1, -0.05) is 32.0 Å². The molecule has 0 unspecified atom stereocenters. The zero-order valence-corrected chi connectivity index (χ0v) is 12.5. The standard InChI is InChI=1S/C18H19NO2/c1-12(2)15-5-7-16(8-6-15)21-18-10-14(11-19)4-9-17(18)13(3)20/h4-10,12-13,20H,1-3H3/t13-/m1/s1. The lowest BCUT2D eigenvalue weighted by molar-refractivity contribution is 0.195. The summed E-state index contributed by atoms with van der Waals surface area (Å²) in [5.74, 6) is 1.67. The molecule has 0 aliphatic heterocycles. The van der Waals surface area contributed by atoms with Crippen molar-refractivity contribution in [2.45, 2.75) is 32.8 Å². The fourth-order valence-electron chi connectivity index (χ4n) is 2.09. The van der Waals surface area contributed by atoms with E-state index in [1.54, 1.807) is 25.1 Å². The summed E-state index contributed by atoms with van der Waals surface area (Å²) in [6.45, 7) is 5.95. The first-order chi connectivity index (χ1) is 10.0. The Morgan fingerprint density at radius 1 is 1.05 bits per heavy atom. The van der Waals surface area contributed by atoms with Crippen molar-refractivity contribution in [2.75, 3.05) is 0 Å². The Morgan fingerprint density at radius 2 is 1.71 bits per heavy atom. The molecule has 0 bridgehead atoms. The molecule has 0 spiro atoms. The van der Waals surface area contributed by atoms with E-state index >= 15 is 0 Å². The van der Waals surface area contributed by atoms with Gasteiger partial charge < -0.3 is 9.84 Å². The first-order valence-electron chi connectivity index (χ1n) is 7.01. The Hall–Kier alpha value is -2.31. The van der Waals surface area contributed by atoms with Gasteiger partial charge in [0.25, 0.3) is 0 Å². The maximum atomic E-state index is 9.80. The minimum atomic E-state index is -0.650. The van der Waals surface area contributed by atoms with Crippen LogP contribution in [0.15, 0.2) is 42.5 Å². The molecule has 3 nitrogen and oxygen atoms in total. The summed E-state index contributed by atoms with van der Waals surface area (Å²) < 4.78 is 5.84. The van der Waals surface area contributed by atoms with Gasteiger partial charge in [0.1, 0.15) is 11.5 Å². The molecule has 0 heterocycles. The molecule has 2 aromatic carbocycles. The fraction of sp³-hybridized carbons (Fsp3) is 0.278. The number of aliphatic hydroxyl groups excluding tert-OH is 1. The second kappa shape index (κ2) is 6.43. The molecular formula is C18H19NO2. The number of nitrogens with zero attached hydrogens (tertiary/aromatic N) is 1. The Labute approximate surface area is 125 Å². The van der Waals surface area contributed by atoms with Crippen molar-refractivity contribution in [3.05, 3.63) is 59.2 Å². The van der Waals surface area contributed by atoms with Crippen molar-refractivity contribution in [3.63, 3.8) is 0 Å². The number of nitriles is 1. The number of hydrogen-bond donors (Lipinski definition) is 1. The Balaban J connectivity index is 2.31. The van der Waals surface area contributed by atoms with Gasteiger partial charge >= 0.3 is 0 Å². The SMILES string of the molecule is CC(C)c1ccc(Oc2cc(C#N)ccc2[C@@H](C)O)cc1. The number of hydrogen-bond acceptors (Lipinski definition) is 3. The van der Waals surface area contributed by atoms with Crippen LogP contribution in [0.3, 0.4) is 0 Å². The molecule has 0 aliphatic carbocycles. The van der Waals surface area contributed by atoms with Gasteiger partial charge in [0.15, 0.2) is 0 Å². The van der Waals surface area contributed by atoms with Crippen LogP contribution in [0.1, 0.15) is 49.5 Å². The average Bonchev–Trinajstić information content (AvgIpc) is 2.47. The molecule has 2 rings (SSSR count). The number of aliphatic hydroxyl groups is 1. The first-order valence-corrected chi connectivity index (χ1v) is 7.01. The van der Waals surface area contributed by atoms with E-state index in [0.717, 1.165) is 0 Å². The third-order valence-electron chi connectivity index (χ3n) is 3.37. The van der Waals surface area contributed by atoms with Crippen LogP contribution in [0, 0.1) is 11.3 Å². The summed E-state index contributed by atoms with van der Waals surface area (Å²) >= 11 is 0. The molecule has 3 heteroatoms. The van der Waals surface area contributed by atoms with Crippen LogP contribution in [0.2, 0.25) is 0 Å². The van der Waals surface area contributed by atoms with E-state index in [2.05, 4.69) is 19.9 Å². The second-order valence-corrected chi connectivity index (χ2v) is 5.37. The van der Waals surface area contributed by atoms with Crippen molar-refractivity contribution < 1.29 is 9.84 Å². The topological polar surface area (TPSA) is 53.2 Å². The quantitative estimate of drug-likeness (QED) is 0.896. The lowest BCUT2D eigenvalue weighted by Gasteiger charge is -2.14. The molecule has 2 aromatic rings. The molecule has 0 saturated heterocycles. The molecule has 0 fully saturated rings. The van der Waals surface area contributed by atoms with E-state index in [1.165, 1.54) is 5.56 Å². The van der Waals surface area contributed by atoms with Crippen molar-refractivity contribution in [1.29, 1.82) is 5.26 Å². The van der Waals surface area contributed by atoms with E-state index in [-0.39, 0.29) is 0 Å². The van der Waals surface area contributed by atoms with Crippen LogP contribution in [0.4, 0.5) is 0 Å². The van der Waals surface area contributed by atoms with Gasteiger partial charge in [0, 0.05) is 5.56 Å². The summed E-state index contributed by atoms with van der Waals surface area (Å²) in [5.41, 5.74) is 2.42. The first kappa shape index (κ1) is 15.1. The number of benzene rings is 2. The Kier molecular flexibility index (Phi) is 4.62. The largest absolute Gasteiger partial charge is 0.457 e. The summed E-state index contributed by atoms with van der Waals surface area (Å²) in [7, 11) is 0. The zero-order valence-electron chi connectivity index (χ0n) is 12.5. The highest BCUT2D eigenvalue weighted by Crippen LogP contribution is 2.31. The molecule has 0 radical (unpaired) electrons. The van der Waals surface area contributed by atoms with Crippen molar-refractivity contribution in [2.24, 2.45) is 0 Å². The number of rotatable bonds is 4. The average molecular weight is 281 g/mol. The molecule has 0 aromatic heterocycles. The normalized spacial score (nSPS) is 12.0. The molecule has 0 saturated carbocycles. The zero-order chi connectivity index (χ0) is 15.4. The van der Waals surface area contributed by atoms with Crippen molar-refractivity contribution >= 4 is 0 Å². The summed E-state index contributed by atoms with van der Waals surface area (Å²) in [6, 6.07) is 15.0. The Bertz CT molecular complexity index is 652. The van der Waals surface area contributed by atoms with Gasteiger partial charge in [0.05, 0.1) is 17.7 Å². The molecule has 0 amide bonds. The molecular weight excluding hydrogens is 262 g/mol. The highest BCUT2D eigenvalue weighted by Gasteiger charge is 2.11. The highest BCUT2D eigenvalue weighted by atomic mass is 16.5. The van der Waals surface area contributed by atoms with Gasteiger partial charge in [-0.2, -0.15) is 5.26 Å². The monoisotopic (exact) mass is 281 g/mol.